The fourth-order valence-electron chi connectivity index (χ4n) is 5.43. The van der Waals surface area contributed by atoms with Gasteiger partial charge in [0.15, 0.2) is 0 Å². The van der Waals surface area contributed by atoms with Gasteiger partial charge in [-0.2, -0.15) is 0 Å². The maximum Gasteiger partial charge on any atom is 0.0574 e. The van der Waals surface area contributed by atoms with E-state index in [9.17, 15) is 0 Å². The second-order valence-corrected chi connectivity index (χ2v) is 9.17. The molecule has 1 aromatic rings. The molecule has 0 aromatic carbocycles. The Hall–Kier alpha value is -1.01. The van der Waals surface area contributed by atoms with Crippen molar-refractivity contribution >= 4 is 0 Å². The van der Waals surface area contributed by atoms with Crippen LogP contribution in [0.3, 0.4) is 0 Å². The van der Waals surface area contributed by atoms with E-state index in [4.69, 9.17) is 4.98 Å². The van der Waals surface area contributed by atoms with Gasteiger partial charge in [-0.15, -0.1) is 0 Å². The van der Waals surface area contributed by atoms with Gasteiger partial charge >= 0.3 is 0 Å². The predicted octanol–water partition coefficient (Wildman–Crippen LogP) is 3.20. The highest BCUT2D eigenvalue weighted by molar-refractivity contribution is 5.17. The average molecular weight is 386 g/mol. The molecule has 3 aliphatic rings. The molecular formula is C23H39N5. The Kier molecular flexibility index (Phi) is 6.99. The smallest absolute Gasteiger partial charge is 0.0574 e. The first kappa shape index (κ1) is 20.3. The number of rotatable bonds is 0. The van der Waals surface area contributed by atoms with Crippen molar-refractivity contribution in [2.24, 2.45) is 0 Å². The Morgan fingerprint density at radius 1 is 0.679 bits per heavy atom. The fourth-order valence-corrected chi connectivity index (χ4v) is 5.43. The summed E-state index contributed by atoms with van der Waals surface area (Å²) in [5.41, 5.74) is 2.34. The molecule has 2 heterocycles. The molecule has 2 aliphatic carbocycles. The third-order valence-corrected chi connectivity index (χ3v) is 7.08. The number of aromatic nitrogens is 1. The van der Waals surface area contributed by atoms with Gasteiger partial charge in [-0.3, -0.25) is 4.98 Å². The van der Waals surface area contributed by atoms with Crippen molar-refractivity contribution in [1.29, 1.82) is 0 Å². The summed E-state index contributed by atoms with van der Waals surface area (Å²) < 4.78 is 0. The first-order valence-electron chi connectivity index (χ1n) is 11.7. The van der Waals surface area contributed by atoms with Gasteiger partial charge in [-0.1, -0.05) is 31.7 Å². The van der Waals surface area contributed by atoms with Gasteiger partial charge in [-0.05, 0) is 51.7 Å². The summed E-state index contributed by atoms with van der Waals surface area (Å²) in [6.45, 7) is 6.66. The second-order valence-electron chi connectivity index (χ2n) is 9.17. The van der Waals surface area contributed by atoms with Crippen molar-refractivity contribution in [1.82, 2.24) is 26.3 Å². The van der Waals surface area contributed by atoms with Crippen LogP contribution in [0.15, 0.2) is 18.2 Å². The van der Waals surface area contributed by atoms with Gasteiger partial charge in [0.25, 0.3) is 0 Å². The second kappa shape index (κ2) is 9.66. The van der Waals surface area contributed by atoms with Crippen molar-refractivity contribution in [2.75, 3.05) is 13.1 Å². The van der Waals surface area contributed by atoms with E-state index >= 15 is 0 Å². The molecule has 5 heteroatoms. The predicted molar refractivity (Wildman–Crippen MR) is 115 cm³/mol. The Morgan fingerprint density at radius 2 is 1.11 bits per heavy atom. The van der Waals surface area contributed by atoms with Gasteiger partial charge in [0.05, 0.1) is 11.4 Å². The summed E-state index contributed by atoms with van der Waals surface area (Å²) >= 11 is 0. The summed E-state index contributed by atoms with van der Waals surface area (Å²) in [4.78, 5) is 5.06. The molecule has 0 saturated heterocycles. The standard InChI is InChI=1S/C23H39N5/c1-16-18-12-7-13-19(28-18)17(2)27-23-11-6-4-9-21(23)25-15-14-24-20-8-3-5-10-22(20)26-16/h7,12-13,16-17,20-27H,3-6,8-11,14-15H2,1-2H3/t16-,17+,20?,21?,22-,23?/m1/s1. The highest BCUT2D eigenvalue weighted by Gasteiger charge is 2.29. The van der Waals surface area contributed by atoms with Crippen LogP contribution < -0.4 is 21.3 Å². The minimum absolute atomic E-state index is 0.283. The van der Waals surface area contributed by atoms with Crippen molar-refractivity contribution < 1.29 is 0 Å². The lowest BCUT2D eigenvalue weighted by molar-refractivity contribution is 0.254. The van der Waals surface area contributed by atoms with E-state index in [-0.39, 0.29) is 12.1 Å². The van der Waals surface area contributed by atoms with E-state index in [0.29, 0.717) is 24.2 Å². The lowest BCUT2D eigenvalue weighted by atomic mass is 9.89. The van der Waals surface area contributed by atoms with E-state index in [2.05, 4.69) is 53.3 Å². The monoisotopic (exact) mass is 385 g/mol. The van der Waals surface area contributed by atoms with Crippen molar-refractivity contribution in [3.63, 3.8) is 0 Å². The third-order valence-electron chi connectivity index (χ3n) is 7.08. The zero-order valence-electron chi connectivity index (χ0n) is 17.7. The molecule has 2 fully saturated rings. The summed E-state index contributed by atoms with van der Waals surface area (Å²) in [5.74, 6) is 0. The number of pyridine rings is 1. The Labute approximate surface area is 170 Å². The van der Waals surface area contributed by atoms with Crippen LogP contribution >= 0.6 is 0 Å². The summed E-state index contributed by atoms with van der Waals surface area (Å²) in [6.07, 6.45) is 10.4. The van der Waals surface area contributed by atoms with Gasteiger partial charge in [0.2, 0.25) is 0 Å². The molecule has 6 atom stereocenters. The van der Waals surface area contributed by atoms with Gasteiger partial charge in [0.1, 0.15) is 0 Å². The Bertz CT molecular complexity index is 572. The lowest BCUT2D eigenvalue weighted by Crippen LogP contribution is -2.54. The van der Waals surface area contributed by atoms with Crippen LogP contribution in [0.4, 0.5) is 0 Å². The minimum Gasteiger partial charge on any atom is -0.311 e. The number of nitrogens with zero attached hydrogens (tertiary/aromatic N) is 1. The molecule has 1 aromatic heterocycles. The van der Waals surface area contributed by atoms with Crippen LogP contribution in [0.5, 0.6) is 0 Å². The maximum absolute atomic E-state index is 5.06. The van der Waals surface area contributed by atoms with E-state index < -0.39 is 0 Å². The molecule has 28 heavy (non-hydrogen) atoms. The van der Waals surface area contributed by atoms with Crippen LogP contribution in [-0.4, -0.2) is 42.2 Å². The largest absolute Gasteiger partial charge is 0.311 e. The van der Waals surface area contributed by atoms with E-state index in [0.717, 1.165) is 13.1 Å². The van der Waals surface area contributed by atoms with E-state index in [1.165, 1.54) is 62.8 Å². The zero-order chi connectivity index (χ0) is 19.3. The number of hydrogen-bond donors (Lipinski definition) is 4. The third kappa shape index (κ3) is 4.93. The van der Waals surface area contributed by atoms with Gasteiger partial charge in [-0.25, -0.2) is 0 Å². The maximum atomic E-state index is 5.06. The molecule has 1 aliphatic heterocycles. The van der Waals surface area contributed by atoms with Crippen LogP contribution in [0.25, 0.3) is 0 Å². The normalized spacial score (nSPS) is 37.8. The number of nitrogens with one attached hydrogen (secondary N) is 4. The van der Waals surface area contributed by atoms with Crippen molar-refractivity contribution in [2.45, 2.75) is 101 Å². The zero-order valence-corrected chi connectivity index (χ0v) is 17.7. The van der Waals surface area contributed by atoms with Crippen molar-refractivity contribution in [3.8, 4) is 0 Å². The molecule has 4 rings (SSSR count). The van der Waals surface area contributed by atoms with Gasteiger partial charge < -0.3 is 21.3 Å². The Morgan fingerprint density at radius 3 is 1.57 bits per heavy atom. The summed E-state index contributed by atoms with van der Waals surface area (Å²) in [7, 11) is 0. The molecule has 3 unspecified atom stereocenters. The molecule has 156 valence electrons. The summed E-state index contributed by atoms with van der Waals surface area (Å²) in [6, 6.07) is 9.34. The van der Waals surface area contributed by atoms with Crippen LogP contribution in [0, 0.1) is 0 Å². The molecule has 0 spiro atoms. The summed E-state index contributed by atoms with van der Waals surface area (Å²) in [5, 5.41) is 15.5. The molecule has 2 saturated carbocycles. The first-order chi connectivity index (χ1) is 13.7. The van der Waals surface area contributed by atoms with Crippen LogP contribution in [-0.2, 0) is 0 Å². The van der Waals surface area contributed by atoms with Gasteiger partial charge in [0, 0.05) is 49.3 Å². The lowest BCUT2D eigenvalue weighted by Gasteiger charge is -2.36. The SMILES string of the molecule is C[C@@H]1NC2CCCCC2NCCNC2CCCC[C@H]2N[C@H](C)c2cccc1n2. The molecule has 2 bridgehead atoms. The minimum atomic E-state index is 0.283. The molecule has 0 amide bonds. The molecule has 0 radical (unpaired) electrons. The highest BCUT2D eigenvalue weighted by Crippen LogP contribution is 2.24. The topological polar surface area (TPSA) is 61.0 Å². The van der Waals surface area contributed by atoms with E-state index in [1.54, 1.807) is 0 Å². The molecule has 5 nitrogen and oxygen atoms in total. The fraction of sp³-hybridized carbons (Fsp3) is 0.783. The van der Waals surface area contributed by atoms with E-state index in [1.807, 2.05) is 0 Å². The number of hydrogen-bond acceptors (Lipinski definition) is 5. The van der Waals surface area contributed by atoms with Crippen LogP contribution in [0.1, 0.15) is 88.7 Å². The van der Waals surface area contributed by atoms with Crippen LogP contribution in [0.2, 0.25) is 0 Å². The number of fused-ring (bicyclic) bond motifs is 4. The molecular weight excluding hydrogens is 346 g/mol. The average Bonchev–Trinajstić information content (AvgIpc) is 2.73. The molecule has 4 N–H and O–H groups in total. The van der Waals surface area contributed by atoms with Crippen molar-refractivity contribution in [3.05, 3.63) is 29.6 Å². The first-order valence-corrected chi connectivity index (χ1v) is 11.7. The highest BCUT2D eigenvalue weighted by atomic mass is 15.1. The quantitative estimate of drug-likeness (QED) is 0.552. The Balaban J connectivity index is 1.56.